The third-order valence-corrected chi connectivity index (χ3v) is 4.75. The maximum absolute atomic E-state index is 12.7. The Balaban J connectivity index is 2.03. The Labute approximate surface area is 155 Å². The molecule has 0 saturated carbocycles. The Bertz CT molecular complexity index is 767. The lowest BCUT2D eigenvalue weighted by Gasteiger charge is -2.28. The van der Waals surface area contributed by atoms with Crippen molar-refractivity contribution in [3.8, 4) is 0 Å². The molecule has 1 aliphatic heterocycles. The Morgan fingerprint density at radius 3 is 2.04 bits per heavy atom. The summed E-state index contributed by atoms with van der Waals surface area (Å²) in [7, 11) is -3.34. The number of amides is 2. The second-order valence-corrected chi connectivity index (χ2v) is 9.39. The van der Waals surface area contributed by atoms with Crippen LogP contribution in [-0.4, -0.2) is 62.5 Å². The first kappa shape index (κ1) is 20.2. The van der Waals surface area contributed by atoms with Crippen molar-refractivity contribution in [2.24, 2.45) is 5.41 Å². The van der Waals surface area contributed by atoms with Gasteiger partial charge in [-0.3, -0.25) is 14.3 Å². The van der Waals surface area contributed by atoms with Crippen LogP contribution in [0.5, 0.6) is 0 Å². The van der Waals surface area contributed by atoms with E-state index in [4.69, 9.17) is 0 Å². The molecule has 7 nitrogen and oxygen atoms in total. The first-order chi connectivity index (χ1) is 12.0. The van der Waals surface area contributed by atoms with Crippen molar-refractivity contribution < 1.29 is 18.0 Å². The summed E-state index contributed by atoms with van der Waals surface area (Å²) in [5.41, 5.74) is 0.489. The van der Waals surface area contributed by atoms with Crippen LogP contribution in [-0.2, 0) is 14.8 Å². The molecule has 0 aliphatic carbocycles. The molecule has 0 atom stereocenters. The van der Waals surface area contributed by atoms with Crippen molar-refractivity contribution in [1.29, 1.82) is 0 Å². The Morgan fingerprint density at radius 2 is 1.50 bits per heavy atom. The topological polar surface area (TPSA) is 86.8 Å². The van der Waals surface area contributed by atoms with E-state index in [-0.39, 0.29) is 11.8 Å². The lowest BCUT2D eigenvalue weighted by Crippen LogP contribution is -2.42. The van der Waals surface area contributed by atoms with Crippen LogP contribution in [0.4, 0.5) is 5.69 Å². The van der Waals surface area contributed by atoms with Crippen molar-refractivity contribution >= 4 is 27.5 Å². The predicted molar refractivity (Wildman–Crippen MR) is 101 cm³/mol. The van der Waals surface area contributed by atoms with Crippen LogP contribution in [0, 0.1) is 5.41 Å². The molecule has 1 heterocycles. The van der Waals surface area contributed by atoms with Crippen LogP contribution >= 0.6 is 0 Å². The summed E-state index contributed by atoms with van der Waals surface area (Å²) in [6, 6.07) is 6.36. The van der Waals surface area contributed by atoms with Gasteiger partial charge in [0.25, 0.3) is 5.91 Å². The number of sulfonamides is 1. The van der Waals surface area contributed by atoms with E-state index in [1.165, 1.54) is 0 Å². The Kier molecular flexibility index (Phi) is 5.95. The summed E-state index contributed by atoms with van der Waals surface area (Å²) < 4.78 is 24.9. The van der Waals surface area contributed by atoms with Gasteiger partial charge in [-0.15, -0.1) is 0 Å². The molecule has 144 valence electrons. The summed E-state index contributed by atoms with van der Waals surface area (Å²) >= 11 is 0. The first-order valence-corrected chi connectivity index (χ1v) is 10.5. The zero-order valence-corrected chi connectivity index (χ0v) is 16.6. The van der Waals surface area contributed by atoms with E-state index < -0.39 is 15.4 Å². The summed E-state index contributed by atoms with van der Waals surface area (Å²) in [5.74, 6) is -0.0102. The van der Waals surface area contributed by atoms with E-state index in [9.17, 15) is 18.0 Å². The van der Waals surface area contributed by atoms with Gasteiger partial charge in [-0.2, -0.15) is 0 Å². The quantitative estimate of drug-likeness (QED) is 0.865. The molecule has 0 radical (unpaired) electrons. The number of nitrogens with zero attached hydrogens (tertiary/aromatic N) is 2. The molecule has 1 aromatic carbocycles. The lowest BCUT2D eigenvalue weighted by molar-refractivity contribution is -0.139. The molecule has 1 aliphatic rings. The highest BCUT2D eigenvalue weighted by Crippen LogP contribution is 2.19. The fraction of sp³-hybridized carbons (Fsp3) is 0.556. The van der Waals surface area contributed by atoms with Gasteiger partial charge in [0.2, 0.25) is 15.9 Å². The van der Waals surface area contributed by atoms with Crippen LogP contribution in [0.3, 0.4) is 0 Å². The molecule has 0 aromatic heterocycles. The summed E-state index contributed by atoms with van der Waals surface area (Å²) in [6.45, 7) is 7.95. The third kappa shape index (κ3) is 5.45. The highest BCUT2D eigenvalue weighted by atomic mass is 32.2. The highest BCUT2D eigenvalue weighted by Gasteiger charge is 2.29. The van der Waals surface area contributed by atoms with Gasteiger partial charge in [0, 0.05) is 42.8 Å². The predicted octanol–water partition coefficient (Wildman–Crippen LogP) is 1.78. The minimum atomic E-state index is -3.34. The molecule has 26 heavy (non-hydrogen) atoms. The highest BCUT2D eigenvalue weighted by molar-refractivity contribution is 7.92. The minimum Gasteiger partial charge on any atom is -0.340 e. The fourth-order valence-electron chi connectivity index (χ4n) is 2.88. The number of anilines is 1. The summed E-state index contributed by atoms with van der Waals surface area (Å²) in [6.07, 6.45) is 1.81. The van der Waals surface area contributed by atoms with Gasteiger partial charge in [0.05, 0.1) is 6.26 Å². The molecule has 0 unspecified atom stereocenters. The molecule has 1 fully saturated rings. The fourth-order valence-corrected chi connectivity index (χ4v) is 3.44. The van der Waals surface area contributed by atoms with Gasteiger partial charge in [0.1, 0.15) is 0 Å². The number of hydrogen-bond donors (Lipinski definition) is 1. The first-order valence-electron chi connectivity index (χ1n) is 8.64. The van der Waals surface area contributed by atoms with Crippen LogP contribution in [0.25, 0.3) is 0 Å². The number of nitrogens with one attached hydrogen (secondary N) is 1. The molecule has 2 rings (SSSR count). The number of rotatable bonds is 3. The monoisotopic (exact) mass is 381 g/mol. The molecular weight excluding hydrogens is 354 g/mol. The third-order valence-electron chi connectivity index (χ3n) is 4.15. The van der Waals surface area contributed by atoms with Crippen LogP contribution in [0.15, 0.2) is 24.3 Å². The van der Waals surface area contributed by atoms with Crippen molar-refractivity contribution in [3.05, 3.63) is 29.8 Å². The zero-order chi connectivity index (χ0) is 19.5. The van der Waals surface area contributed by atoms with Gasteiger partial charge in [0.15, 0.2) is 0 Å². The van der Waals surface area contributed by atoms with Crippen LogP contribution in [0.2, 0.25) is 0 Å². The molecule has 1 aromatic rings. The second-order valence-electron chi connectivity index (χ2n) is 7.64. The lowest BCUT2D eigenvalue weighted by atomic mass is 9.94. The molecule has 0 bridgehead atoms. The largest absolute Gasteiger partial charge is 0.340 e. The molecule has 8 heteroatoms. The van der Waals surface area contributed by atoms with Crippen molar-refractivity contribution in [2.45, 2.75) is 27.2 Å². The molecular formula is C18H27N3O4S. The number of carbonyl (C=O) groups is 2. The maximum atomic E-state index is 12.7. The standard InChI is InChI=1S/C18H27N3O4S/c1-18(2,3)17(23)21-11-5-10-20(12-13-21)16(22)14-6-8-15(9-7-14)19-26(4,24)25/h6-9,19H,5,10-13H2,1-4H3. The minimum absolute atomic E-state index is 0.100. The van der Waals surface area contributed by atoms with E-state index in [0.717, 1.165) is 12.7 Å². The average Bonchev–Trinajstić information content (AvgIpc) is 2.77. The van der Waals surface area contributed by atoms with Crippen LogP contribution < -0.4 is 4.72 Å². The normalized spacial score (nSPS) is 16.2. The summed E-state index contributed by atoms with van der Waals surface area (Å²) in [4.78, 5) is 28.7. The van der Waals surface area contributed by atoms with Gasteiger partial charge >= 0.3 is 0 Å². The van der Waals surface area contributed by atoms with E-state index in [1.54, 1.807) is 29.2 Å². The summed E-state index contributed by atoms with van der Waals surface area (Å²) in [5, 5.41) is 0. The number of carbonyl (C=O) groups excluding carboxylic acids is 2. The van der Waals surface area contributed by atoms with Crippen molar-refractivity contribution in [2.75, 3.05) is 37.2 Å². The number of hydrogen-bond acceptors (Lipinski definition) is 4. The van der Waals surface area contributed by atoms with Gasteiger partial charge < -0.3 is 9.80 Å². The molecule has 0 spiro atoms. The molecule has 2 amide bonds. The van der Waals surface area contributed by atoms with E-state index in [2.05, 4.69) is 4.72 Å². The van der Waals surface area contributed by atoms with Crippen molar-refractivity contribution in [1.82, 2.24) is 9.80 Å². The zero-order valence-electron chi connectivity index (χ0n) is 15.8. The molecule has 1 N–H and O–H groups in total. The smallest absolute Gasteiger partial charge is 0.253 e. The average molecular weight is 381 g/mol. The maximum Gasteiger partial charge on any atom is 0.253 e. The van der Waals surface area contributed by atoms with Crippen molar-refractivity contribution in [3.63, 3.8) is 0 Å². The van der Waals surface area contributed by atoms with E-state index in [1.807, 2.05) is 25.7 Å². The SMILES string of the molecule is CC(C)(C)C(=O)N1CCCN(C(=O)c2ccc(NS(C)(=O)=O)cc2)CC1. The molecule has 1 saturated heterocycles. The Hall–Kier alpha value is -2.09. The van der Waals surface area contributed by atoms with Crippen LogP contribution in [0.1, 0.15) is 37.6 Å². The van der Waals surface area contributed by atoms with Gasteiger partial charge in [-0.05, 0) is 30.7 Å². The van der Waals surface area contributed by atoms with E-state index in [0.29, 0.717) is 37.4 Å². The van der Waals surface area contributed by atoms with Gasteiger partial charge in [-0.1, -0.05) is 20.8 Å². The van der Waals surface area contributed by atoms with Gasteiger partial charge in [-0.25, -0.2) is 8.42 Å². The van der Waals surface area contributed by atoms with E-state index >= 15 is 0 Å². The second kappa shape index (κ2) is 7.65. The Morgan fingerprint density at radius 1 is 0.962 bits per heavy atom. The number of benzene rings is 1.